The maximum Gasteiger partial charge on any atom is 0.247 e. The first-order valence-corrected chi connectivity index (χ1v) is 10.6. The highest BCUT2D eigenvalue weighted by molar-refractivity contribution is 5.76. The Balaban J connectivity index is 1.34. The van der Waals surface area contributed by atoms with E-state index in [2.05, 4.69) is 33.3 Å². The van der Waals surface area contributed by atoms with E-state index in [1.54, 1.807) is 4.90 Å². The minimum absolute atomic E-state index is 0.0707. The van der Waals surface area contributed by atoms with E-state index in [9.17, 15) is 4.79 Å². The van der Waals surface area contributed by atoms with Crippen LogP contribution in [0, 0.1) is 6.92 Å². The lowest BCUT2D eigenvalue weighted by molar-refractivity contribution is -0.130. The lowest BCUT2D eigenvalue weighted by Crippen LogP contribution is -2.28. The van der Waals surface area contributed by atoms with Gasteiger partial charge < -0.3 is 14.2 Å². The van der Waals surface area contributed by atoms with Crippen LogP contribution >= 0.6 is 0 Å². The molecule has 0 spiro atoms. The molecule has 2 heterocycles. The number of rotatable bonds is 7. The lowest BCUT2D eigenvalue weighted by atomic mass is 10.1. The van der Waals surface area contributed by atoms with Crippen molar-refractivity contribution in [3.63, 3.8) is 0 Å². The van der Waals surface area contributed by atoms with Gasteiger partial charge in [-0.1, -0.05) is 35.9 Å². The normalized spacial score (nSPS) is 13.6. The Kier molecular flexibility index (Phi) is 6.12. The fraction of sp³-hybridized carbons (Fsp3) is 0.375. The average Bonchev–Trinajstić information content (AvgIpc) is 3.45. The molecule has 3 aromatic rings. The zero-order valence-electron chi connectivity index (χ0n) is 17.7. The molecule has 1 aliphatic rings. The molecular formula is C24H28N4O2. The molecule has 2 aromatic carbocycles. The van der Waals surface area contributed by atoms with Crippen molar-refractivity contribution < 1.29 is 9.21 Å². The van der Waals surface area contributed by atoms with Crippen molar-refractivity contribution in [2.45, 2.75) is 39.2 Å². The predicted octanol–water partition coefficient (Wildman–Crippen LogP) is 4.24. The summed E-state index contributed by atoms with van der Waals surface area (Å²) in [5.74, 6) is 1.05. The van der Waals surface area contributed by atoms with E-state index in [1.807, 2.05) is 44.3 Å². The van der Waals surface area contributed by atoms with Crippen molar-refractivity contribution in [3.05, 3.63) is 65.5 Å². The molecule has 1 fully saturated rings. The zero-order valence-corrected chi connectivity index (χ0v) is 17.7. The van der Waals surface area contributed by atoms with E-state index in [0.717, 1.165) is 18.7 Å². The van der Waals surface area contributed by atoms with Crippen molar-refractivity contribution in [1.29, 1.82) is 0 Å². The van der Waals surface area contributed by atoms with E-state index in [-0.39, 0.29) is 5.91 Å². The quantitative estimate of drug-likeness (QED) is 0.589. The summed E-state index contributed by atoms with van der Waals surface area (Å²) < 4.78 is 5.74. The van der Waals surface area contributed by atoms with Crippen LogP contribution < -0.4 is 4.90 Å². The van der Waals surface area contributed by atoms with Crippen molar-refractivity contribution in [2.75, 3.05) is 25.0 Å². The minimum Gasteiger partial charge on any atom is -0.421 e. The molecule has 0 saturated carbocycles. The second-order valence-electron chi connectivity index (χ2n) is 7.94. The number of para-hydroxylation sites is 1. The van der Waals surface area contributed by atoms with Crippen molar-refractivity contribution in [1.82, 2.24) is 15.1 Å². The first kappa shape index (κ1) is 20.1. The number of hydrogen-bond donors (Lipinski definition) is 0. The molecule has 1 saturated heterocycles. The summed E-state index contributed by atoms with van der Waals surface area (Å²) in [5.41, 5.74) is 4.50. The van der Waals surface area contributed by atoms with E-state index in [0.29, 0.717) is 31.2 Å². The van der Waals surface area contributed by atoms with Crippen molar-refractivity contribution in [3.8, 4) is 11.5 Å². The summed E-state index contributed by atoms with van der Waals surface area (Å²) in [6.07, 6.45) is 3.25. The highest BCUT2D eigenvalue weighted by Crippen LogP contribution is 2.25. The van der Waals surface area contributed by atoms with Gasteiger partial charge in [-0.05, 0) is 43.5 Å². The number of carbonyl (C=O) groups excluding carboxylic acids is 1. The number of aryl methyl sites for hydroxylation is 2. The number of nitrogens with zero attached hydrogens (tertiary/aromatic N) is 4. The van der Waals surface area contributed by atoms with Crippen LogP contribution in [0.15, 0.2) is 52.9 Å². The van der Waals surface area contributed by atoms with Crippen LogP contribution in [-0.4, -0.2) is 41.1 Å². The highest BCUT2D eigenvalue weighted by atomic mass is 16.4. The third-order valence-electron chi connectivity index (χ3n) is 5.59. The van der Waals surface area contributed by atoms with Gasteiger partial charge in [-0.3, -0.25) is 4.79 Å². The zero-order chi connectivity index (χ0) is 20.9. The van der Waals surface area contributed by atoms with Crippen LogP contribution in [0.1, 0.15) is 36.3 Å². The van der Waals surface area contributed by atoms with E-state index < -0.39 is 0 Å². The molecule has 156 valence electrons. The molecule has 6 heteroatoms. The molecule has 30 heavy (non-hydrogen) atoms. The Bertz CT molecular complexity index is 990. The maximum absolute atomic E-state index is 12.7. The molecule has 0 radical (unpaired) electrons. The van der Waals surface area contributed by atoms with Crippen LogP contribution in [-0.2, 0) is 17.8 Å². The summed E-state index contributed by atoms with van der Waals surface area (Å²) in [6.45, 7) is 4.82. The smallest absolute Gasteiger partial charge is 0.247 e. The van der Waals surface area contributed by atoms with E-state index >= 15 is 0 Å². The summed E-state index contributed by atoms with van der Waals surface area (Å²) in [7, 11) is 1.86. The Morgan fingerprint density at radius 1 is 1.07 bits per heavy atom. The standard InChI is InChI=1S/C24H28N4O2/c1-18-9-11-19(12-10-18)24-26-25-22(30-24)13-14-23(29)27(2)17-20-7-3-4-8-21(20)28-15-5-6-16-28/h3-4,7-12H,5-6,13-17H2,1-2H3. The SMILES string of the molecule is Cc1ccc(-c2nnc(CCC(=O)N(C)Cc3ccccc3N3CCCC3)o2)cc1. The van der Waals surface area contributed by atoms with Gasteiger partial charge in [-0.25, -0.2) is 0 Å². The fourth-order valence-corrected chi connectivity index (χ4v) is 3.83. The monoisotopic (exact) mass is 404 g/mol. The van der Waals surface area contributed by atoms with Crippen LogP contribution in [0.5, 0.6) is 0 Å². The molecule has 1 aliphatic heterocycles. The van der Waals surface area contributed by atoms with E-state index in [4.69, 9.17) is 4.42 Å². The first-order chi connectivity index (χ1) is 14.6. The number of benzene rings is 2. The summed E-state index contributed by atoms with van der Waals surface area (Å²) in [4.78, 5) is 16.9. The van der Waals surface area contributed by atoms with Crippen LogP contribution in [0.25, 0.3) is 11.5 Å². The van der Waals surface area contributed by atoms with Crippen LogP contribution in [0.4, 0.5) is 5.69 Å². The summed E-state index contributed by atoms with van der Waals surface area (Å²) >= 11 is 0. The van der Waals surface area contributed by atoms with Gasteiger partial charge in [-0.15, -0.1) is 10.2 Å². The Morgan fingerprint density at radius 3 is 2.57 bits per heavy atom. The van der Waals surface area contributed by atoms with Gasteiger partial charge in [0.1, 0.15) is 0 Å². The van der Waals surface area contributed by atoms with Crippen LogP contribution in [0.3, 0.4) is 0 Å². The summed E-state index contributed by atoms with van der Waals surface area (Å²) in [5, 5.41) is 8.22. The number of hydrogen-bond acceptors (Lipinski definition) is 5. The molecule has 0 bridgehead atoms. The van der Waals surface area contributed by atoms with Crippen molar-refractivity contribution >= 4 is 11.6 Å². The molecule has 0 aliphatic carbocycles. The Hall–Kier alpha value is -3.15. The molecule has 1 aromatic heterocycles. The molecular weight excluding hydrogens is 376 g/mol. The second-order valence-corrected chi connectivity index (χ2v) is 7.94. The third kappa shape index (κ3) is 4.70. The number of anilines is 1. The summed E-state index contributed by atoms with van der Waals surface area (Å²) in [6, 6.07) is 16.3. The topological polar surface area (TPSA) is 62.5 Å². The van der Waals surface area contributed by atoms with Gasteiger partial charge in [0.2, 0.25) is 17.7 Å². The molecule has 0 unspecified atom stereocenters. The maximum atomic E-state index is 12.7. The largest absolute Gasteiger partial charge is 0.421 e. The molecule has 0 N–H and O–H groups in total. The van der Waals surface area contributed by atoms with Gasteiger partial charge >= 0.3 is 0 Å². The second kappa shape index (κ2) is 9.11. The van der Waals surface area contributed by atoms with Gasteiger partial charge in [0.15, 0.2) is 0 Å². The molecule has 4 rings (SSSR count). The average molecular weight is 405 g/mol. The highest BCUT2D eigenvalue weighted by Gasteiger charge is 2.18. The Labute approximate surface area is 177 Å². The number of amides is 1. The van der Waals surface area contributed by atoms with Gasteiger partial charge in [0.25, 0.3) is 0 Å². The molecule has 6 nitrogen and oxygen atoms in total. The lowest BCUT2D eigenvalue weighted by Gasteiger charge is -2.24. The number of carbonyl (C=O) groups is 1. The van der Waals surface area contributed by atoms with Crippen molar-refractivity contribution in [2.24, 2.45) is 0 Å². The van der Waals surface area contributed by atoms with Crippen LogP contribution in [0.2, 0.25) is 0 Å². The Morgan fingerprint density at radius 2 is 1.80 bits per heavy atom. The van der Waals surface area contributed by atoms with Gasteiger partial charge in [0.05, 0.1) is 0 Å². The fourth-order valence-electron chi connectivity index (χ4n) is 3.83. The predicted molar refractivity (Wildman–Crippen MR) is 117 cm³/mol. The molecule has 0 atom stereocenters. The third-order valence-corrected chi connectivity index (χ3v) is 5.59. The van der Waals surface area contributed by atoms with Gasteiger partial charge in [0, 0.05) is 50.8 Å². The minimum atomic E-state index is 0.0707. The van der Waals surface area contributed by atoms with Gasteiger partial charge in [-0.2, -0.15) is 0 Å². The first-order valence-electron chi connectivity index (χ1n) is 10.6. The molecule has 1 amide bonds. The number of aromatic nitrogens is 2. The van der Waals surface area contributed by atoms with E-state index in [1.165, 1.54) is 29.7 Å².